The van der Waals surface area contributed by atoms with Gasteiger partial charge in [0.05, 0.1) is 6.10 Å². The molecular formula is C19H27BrO2. The van der Waals surface area contributed by atoms with E-state index in [9.17, 15) is 9.90 Å². The second kappa shape index (κ2) is 4.92. The number of allylic oxidation sites excluding steroid dienone is 1. The molecule has 4 aliphatic carbocycles. The Balaban J connectivity index is 1.74. The van der Waals surface area contributed by atoms with Crippen LogP contribution in [0.3, 0.4) is 0 Å². The molecule has 0 heterocycles. The summed E-state index contributed by atoms with van der Waals surface area (Å²) in [5, 5.41) is 10.1. The zero-order chi connectivity index (χ0) is 15.7. The fourth-order valence-corrected chi connectivity index (χ4v) is 7.47. The van der Waals surface area contributed by atoms with E-state index in [1.54, 1.807) is 0 Å². The highest BCUT2D eigenvalue weighted by Crippen LogP contribution is 2.65. The molecule has 0 aromatic carbocycles. The van der Waals surface area contributed by atoms with E-state index >= 15 is 0 Å². The third-order valence-corrected chi connectivity index (χ3v) is 8.64. The van der Waals surface area contributed by atoms with Crippen LogP contribution in [0.2, 0.25) is 0 Å². The van der Waals surface area contributed by atoms with Crippen molar-refractivity contribution in [3.8, 4) is 0 Å². The number of ketones is 1. The smallest absolute Gasteiger partial charge is 0.139 e. The first-order valence-corrected chi connectivity index (χ1v) is 9.75. The average molecular weight is 367 g/mol. The number of halogens is 1. The van der Waals surface area contributed by atoms with Gasteiger partial charge in [0.1, 0.15) is 5.78 Å². The summed E-state index contributed by atoms with van der Waals surface area (Å²) in [6, 6.07) is 0. The Morgan fingerprint density at radius 2 is 1.73 bits per heavy atom. The van der Waals surface area contributed by atoms with Gasteiger partial charge in [-0.2, -0.15) is 0 Å². The lowest BCUT2D eigenvalue weighted by molar-refractivity contribution is -0.132. The second-order valence-corrected chi connectivity index (χ2v) is 9.65. The third-order valence-electron chi connectivity index (χ3n) is 7.83. The van der Waals surface area contributed by atoms with Crippen LogP contribution in [0.4, 0.5) is 0 Å². The molecule has 3 saturated carbocycles. The van der Waals surface area contributed by atoms with Crippen molar-refractivity contribution in [2.45, 2.75) is 71.3 Å². The number of aliphatic hydroxyl groups is 1. The maximum absolute atomic E-state index is 12.4. The largest absolute Gasteiger partial charge is 0.393 e. The highest BCUT2D eigenvalue weighted by Gasteiger charge is 2.59. The van der Waals surface area contributed by atoms with Crippen LogP contribution >= 0.6 is 15.9 Å². The number of Topliss-reactive ketones (excluding diaryl/α,β-unsaturated/α-hetero) is 1. The summed E-state index contributed by atoms with van der Waals surface area (Å²) in [6.07, 6.45) is 8.01. The van der Waals surface area contributed by atoms with Gasteiger partial charge >= 0.3 is 0 Å². The van der Waals surface area contributed by atoms with E-state index in [4.69, 9.17) is 0 Å². The van der Waals surface area contributed by atoms with Crippen molar-refractivity contribution in [2.75, 3.05) is 0 Å². The molecule has 1 unspecified atom stereocenters. The molecule has 6 atom stereocenters. The van der Waals surface area contributed by atoms with Crippen molar-refractivity contribution in [1.82, 2.24) is 0 Å². The van der Waals surface area contributed by atoms with Gasteiger partial charge in [-0.1, -0.05) is 35.4 Å². The van der Waals surface area contributed by atoms with Gasteiger partial charge < -0.3 is 5.11 Å². The van der Waals surface area contributed by atoms with Crippen molar-refractivity contribution in [3.63, 3.8) is 0 Å². The molecule has 2 nitrogen and oxygen atoms in total. The fraction of sp³-hybridized carbons (Fsp3) is 0.842. The number of hydrogen-bond acceptors (Lipinski definition) is 2. The highest BCUT2D eigenvalue weighted by molar-refractivity contribution is 9.11. The van der Waals surface area contributed by atoms with Crippen LogP contribution in [0.15, 0.2) is 10.1 Å². The zero-order valence-electron chi connectivity index (χ0n) is 13.7. The van der Waals surface area contributed by atoms with Crippen molar-refractivity contribution >= 4 is 21.7 Å². The molecule has 0 aromatic rings. The first kappa shape index (κ1) is 15.4. The maximum atomic E-state index is 12.4. The third kappa shape index (κ3) is 1.90. The normalized spacial score (nSPS) is 51.4. The van der Waals surface area contributed by atoms with Gasteiger partial charge in [0.15, 0.2) is 0 Å². The van der Waals surface area contributed by atoms with E-state index in [-0.39, 0.29) is 16.9 Å². The topological polar surface area (TPSA) is 37.3 Å². The van der Waals surface area contributed by atoms with Gasteiger partial charge in [0.2, 0.25) is 0 Å². The number of fused-ring (bicyclic) bond motifs is 5. The lowest BCUT2D eigenvalue weighted by Crippen LogP contribution is -2.51. The first-order chi connectivity index (χ1) is 10.4. The monoisotopic (exact) mass is 366 g/mol. The van der Waals surface area contributed by atoms with Crippen LogP contribution in [0.5, 0.6) is 0 Å². The van der Waals surface area contributed by atoms with Crippen molar-refractivity contribution < 1.29 is 9.90 Å². The average Bonchev–Trinajstić information content (AvgIpc) is 2.77. The lowest BCUT2D eigenvalue weighted by Gasteiger charge is -2.57. The van der Waals surface area contributed by atoms with Crippen LogP contribution in [-0.2, 0) is 4.79 Å². The molecule has 22 heavy (non-hydrogen) atoms. The van der Waals surface area contributed by atoms with E-state index in [1.807, 2.05) is 0 Å². The van der Waals surface area contributed by atoms with Crippen LogP contribution < -0.4 is 0 Å². The van der Waals surface area contributed by atoms with Crippen molar-refractivity contribution in [2.24, 2.45) is 28.6 Å². The summed E-state index contributed by atoms with van der Waals surface area (Å²) in [4.78, 5) is 12.4. The second-order valence-electron chi connectivity index (χ2n) is 8.70. The molecule has 0 amide bonds. The fourth-order valence-electron chi connectivity index (χ4n) is 6.48. The molecule has 0 aromatic heterocycles. The number of aliphatic hydroxyl groups excluding tert-OH is 1. The first-order valence-electron chi connectivity index (χ1n) is 8.95. The number of hydrogen-bond donors (Lipinski definition) is 1. The summed E-state index contributed by atoms with van der Waals surface area (Å²) < 4.78 is 1.35. The SMILES string of the molecule is C[C@]12CCC(O)CC1=C(Br)C[C@@H]1[C@H]2CC[C@]2(C)C(=O)CC[C@@H]12. The quantitative estimate of drug-likeness (QED) is 0.679. The maximum Gasteiger partial charge on any atom is 0.139 e. The van der Waals surface area contributed by atoms with Crippen LogP contribution in [0.1, 0.15) is 65.2 Å². The summed E-state index contributed by atoms with van der Waals surface area (Å²) >= 11 is 3.87. The number of rotatable bonds is 0. The Labute approximate surface area is 141 Å². The molecule has 0 aliphatic heterocycles. The number of carbonyl (C=O) groups is 1. The van der Waals surface area contributed by atoms with Gasteiger partial charge in [-0.15, -0.1) is 0 Å². The highest BCUT2D eigenvalue weighted by atomic mass is 79.9. The minimum atomic E-state index is -0.158. The Kier molecular flexibility index (Phi) is 3.44. The summed E-state index contributed by atoms with van der Waals surface area (Å²) in [6.45, 7) is 4.68. The predicted molar refractivity (Wildman–Crippen MR) is 90.6 cm³/mol. The molecule has 4 rings (SSSR count). The van der Waals surface area contributed by atoms with Crippen LogP contribution in [0.25, 0.3) is 0 Å². The molecule has 0 radical (unpaired) electrons. The summed E-state index contributed by atoms with van der Waals surface area (Å²) in [7, 11) is 0. The molecular weight excluding hydrogens is 340 g/mol. The van der Waals surface area contributed by atoms with Gasteiger partial charge in [0.25, 0.3) is 0 Å². The summed E-state index contributed by atoms with van der Waals surface area (Å²) in [5.74, 6) is 2.46. The lowest BCUT2D eigenvalue weighted by atomic mass is 9.48. The Morgan fingerprint density at radius 3 is 2.50 bits per heavy atom. The van der Waals surface area contributed by atoms with E-state index in [0.29, 0.717) is 23.5 Å². The van der Waals surface area contributed by atoms with Gasteiger partial charge in [0, 0.05) is 11.8 Å². The van der Waals surface area contributed by atoms with Crippen LogP contribution in [-0.4, -0.2) is 17.0 Å². The predicted octanol–water partition coefficient (Wildman–Crippen LogP) is 4.60. The van der Waals surface area contributed by atoms with E-state index in [1.165, 1.54) is 16.5 Å². The summed E-state index contributed by atoms with van der Waals surface area (Å²) in [5.41, 5.74) is 1.69. The molecule has 3 fully saturated rings. The molecule has 0 bridgehead atoms. The number of carbonyl (C=O) groups excluding carboxylic acids is 1. The minimum absolute atomic E-state index is 0.0451. The Morgan fingerprint density at radius 1 is 1.05 bits per heavy atom. The molecule has 122 valence electrons. The van der Waals surface area contributed by atoms with E-state index in [0.717, 1.165) is 44.9 Å². The molecule has 0 spiro atoms. The molecule has 0 saturated heterocycles. The van der Waals surface area contributed by atoms with Crippen molar-refractivity contribution in [1.29, 1.82) is 0 Å². The van der Waals surface area contributed by atoms with E-state index < -0.39 is 0 Å². The molecule has 3 heteroatoms. The Hall–Kier alpha value is -0.150. The Bertz CT molecular complexity index is 554. The van der Waals surface area contributed by atoms with E-state index in [2.05, 4.69) is 29.8 Å². The molecule has 1 N–H and O–H groups in total. The zero-order valence-corrected chi connectivity index (χ0v) is 15.3. The van der Waals surface area contributed by atoms with Crippen molar-refractivity contribution in [3.05, 3.63) is 10.1 Å². The molecule has 4 aliphatic rings. The standard InChI is InChI=1S/C19H27BrO2/c1-18-7-5-11(21)9-15(18)16(20)10-12-13-3-4-17(22)19(13,2)8-6-14(12)18/h11-14,21H,3-10H2,1-2H3/t11?,12-,13-,14+,18+,19-/m0/s1. The van der Waals surface area contributed by atoms with Gasteiger partial charge in [-0.25, -0.2) is 0 Å². The van der Waals surface area contributed by atoms with Crippen LogP contribution in [0, 0.1) is 28.6 Å². The minimum Gasteiger partial charge on any atom is -0.393 e. The van der Waals surface area contributed by atoms with Gasteiger partial charge in [-0.05, 0) is 72.6 Å². The van der Waals surface area contributed by atoms with Gasteiger partial charge in [-0.3, -0.25) is 4.79 Å².